The lowest BCUT2D eigenvalue weighted by Gasteiger charge is -2.28. The molecule has 6 heteroatoms. The number of aliphatic hydroxyl groups excluding tert-OH is 1. The molecule has 5 nitrogen and oxygen atoms in total. The molecule has 1 fully saturated rings. The van der Waals surface area contributed by atoms with Gasteiger partial charge in [0.25, 0.3) is 10.2 Å². The van der Waals surface area contributed by atoms with Crippen LogP contribution in [0.2, 0.25) is 0 Å². The molecule has 0 aromatic carbocycles. The molecule has 0 bridgehead atoms. The van der Waals surface area contributed by atoms with E-state index >= 15 is 0 Å². The molecule has 1 rings (SSSR count). The molecule has 1 aliphatic heterocycles. The number of rotatable bonds is 3. The normalized spacial score (nSPS) is 26.2. The van der Waals surface area contributed by atoms with Crippen molar-refractivity contribution in [2.24, 2.45) is 0 Å². The molecule has 1 aliphatic rings. The van der Waals surface area contributed by atoms with Gasteiger partial charge in [-0.1, -0.05) is 6.92 Å². The van der Waals surface area contributed by atoms with E-state index in [0.717, 1.165) is 6.42 Å². The monoisotopic (exact) mass is 208 g/mol. The standard InChI is InChI=1S/C7H16N2O3S/c1-2-8-13(11,12)9-5-3-4-7(10)6-9/h7-8,10H,2-6H2,1H3. The first kappa shape index (κ1) is 10.9. The molecule has 13 heavy (non-hydrogen) atoms. The Balaban J connectivity index is 2.60. The number of piperidine rings is 1. The second-order valence-corrected chi connectivity index (χ2v) is 4.91. The second-order valence-electron chi connectivity index (χ2n) is 3.16. The summed E-state index contributed by atoms with van der Waals surface area (Å²) in [6, 6.07) is 0. The molecule has 1 saturated heterocycles. The van der Waals surface area contributed by atoms with Gasteiger partial charge in [-0.3, -0.25) is 0 Å². The highest BCUT2D eigenvalue weighted by Crippen LogP contribution is 2.12. The first-order chi connectivity index (χ1) is 6.06. The average Bonchev–Trinajstić information content (AvgIpc) is 2.04. The van der Waals surface area contributed by atoms with Gasteiger partial charge in [0, 0.05) is 19.6 Å². The molecule has 0 spiro atoms. The lowest BCUT2D eigenvalue weighted by Crippen LogP contribution is -2.47. The van der Waals surface area contributed by atoms with Crippen LogP contribution < -0.4 is 4.72 Å². The summed E-state index contributed by atoms with van der Waals surface area (Å²) >= 11 is 0. The molecule has 0 aromatic rings. The minimum Gasteiger partial charge on any atom is -0.392 e. The first-order valence-corrected chi connectivity index (χ1v) is 5.93. The molecular weight excluding hydrogens is 192 g/mol. The second kappa shape index (κ2) is 4.36. The van der Waals surface area contributed by atoms with E-state index in [0.29, 0.717) is 19.5 Å². The maximum absolute atomic E-state index is 11.4. The Hall–Kier alpha value is -0.170. The molecule has 0 aromatic heterocycles. The summed E-state index contributed by atoms with van der Waals surface area (Å²) in [7, 11) is -3.34. The summed E-state index contributed by atoms with van der Waals surface area (Å²) in [5.74, 6) is 0. The van der Waals surface area contributed by atoms with Crippen molar-refractivity contribution in [2.45, 2.75) is 25.9 Å². The van der Waals surface area contributed by atoms with Crippen LogP contribution >= 0.6 is 0 Å². The zero-order chi connectivity index (χ0) is 9.90. The van der Waals surface area contributed by atoms with Crippen LogP contribution in [0.4, 0.5) is 0 Å². The molecular formula is C7H16N2O3S. The van der Waals surface area contributed by atoms with Crippen LogP contribution in [0.15, 0.2) is 0 Å². The lowest BCUT2D eigenvalue weighted by atomic mass is 10.1. The fourth-order valence-electron chi connectivity index (χ4n) is 1.41. The van der Waals surface area contributed by atoms with Crippen molar-refractivity contribution in [3.8, 4) is 0 Å². The number of aliphatic hydroxyl groups is 1. The summed E-state index contributed by atoms with van der Waals surface area (Å²) in [6.45, 7) is 2.84. The zero-order valence-electron chi connectivity index (χ0n) is 7.73. The van der Waals surface area contributed by atoms with E-state index in [-0.39, 0.29) is 6.54 Å². The maximum Gasteiger partial charge on any atom is 0.279 e. The Labute approximate surface area is 78.9 Å². The van der Waals surface area contributed by atoms with Crippen molar-refractivity contribution in [3.63, 3.8) is 0 Å². The van der Waals surface area contributed by atoms with Gasteiger partial charge in [-0.2, -0.15) is 12.7 Å². The Bertz CT molecular complexity index is 252. The van der Waals surface area contributed by atoms with Gasteiger partial charge < -0.3 is 5.11 Å². The molecule has 0 radical (unpaired) electrons. The molecule has 1 unspecified atom stereocenters. The number of hydrogen-bond acceptors (Lipinski definition) is 3. The van der Waals surface area contributed by atoms with Crippen LogP contribution in [-0.4, -0.2) is 43.6 Å². The molecule has 2 N–H and O–H groups in total. The van der Waals surface area contributed by atoms with E-state index in [2.05, 4.69) is 4.72 Å². The van der Waals surface area contributed by atoms with Gasteiger partial charge in [0.05, 0.1) is 6.10 Å². The maximum atomic E-state index is 11.4. The predicted octanol–water partition coefficient (Wildman–Crippen LogP) is -0.703. The number of hydrogen-bond donors (Lipinski definition) is 2. The van der Waals surface area contributed by atoms with Crippen LogP contribution in [0.5, 0.6) is 0 Å². The fourth-order valence-corrected chi connectivity index (χ4v) is 2.70. The van der Waals surface area contributed by atoms with Crippen molar-refractivity contribution < 1.29 is 13.5 Å². The SMILES string of the molecule is CCNS(=O)(=O)N1CCCC(O)C1. The molecule has 0 amide bonds. The third-order valence-electron chi connectivity index (χ3n) is 2.03. The van der Waals surface area contributed by atoms with Gasteiger partial charge >= 0.3 is 0 Å². The summed E-state index contributed by atoms with van der Waals surface area (Å²) < 4.78 is 26.6. The van der Waals surface area contributed by atoms with E-state index in [1.165, 1.54) is 4.31 Å². The smallest absolute Gasteiger partial charge is 0.279 e. The Morgan fingerprint density at radius 1 is 1.62 bits per heavy atom. The van der Waals surface area contributed by atoms with Crippen LogP contribution in [-0.2, 0) is 10.2 Å². The summed E-state index contributed by atoms with van der Waals surface area (Å²) in [4.78, 5) is 0. The van der Waals surface area contributed by atoms with Crippen molar-refractivity contribution in [3.05, 3.63) is 0 Å². The Morgan fingerprint density at radius 2 is 2.31 bits per heavy atom. The van der Waals surface area contributed by atoms with Gasteiger partial charge in [-0.05, 0) is 12.8 Å². The topological polar surface area (TPSA) is 69.6 Å². The fraction of sp³-hybridized carbons (Fsp3) is 1.00. The summed E-state index contributed by atoms with van der Waals surface area (Å²) in [5, 5.41) is 9.28. The van der Waals surface area contributed by atoms with E-state index < -0.39 is 16.3 Å². The van der Waals surface area contributed by atoms with Gasteiger partial charge in [-0.25, -0.2) is 4.72 Å². The third kappa shape index (κ3) is 2.91. The Morgan fingerprint density at radius 3 is 2.85 bits per heavy atom. The highest BCUT2D eigenvalue weighted by molar-refractivity contribution is 7.87. The largest absolute Gasteiger partial charge is 0.392 e. The highest BCUT2D eigenvalue weighted by atomic mass is 32.2. The molecule has 1 atom stereocenters. The first-order valence-electron chi connectivity index (χ1n) is 4.49. The zero-order valence-corrected chi connectivity index (χ0v) is 8.55. The minimum absolute atomic E-state index is 0.218. The summed E-state index contributed by atoms with van der Waals surface area (Å²) in [5.41, 5.74) is 0. The van der Waals surface area contributed by atoms with Gasteiger partial charge in [-0.15, -0.1) is 0 Å². The molecule has 0 saturated carbocycles. The third-order valence-corrected chi connectivity index (χ3v) is 3.69. The van der Waals surface area contributed by atoms with Crippen molar-refractivity contribution in [1.82, 2.24) is 9.03 Å². The van der Waals surface area contributed by atoms with Gasteiger partial charge in [0.15, 0.2) is 0 Å². The molecule has 1 heterocycles. The number of nitrogens with one attached hydrogen (secondary N) is 1. The number of β-amino-alcohol motifs (C(OH)–C–C–N with tert-alkyl or cyclic N) is 1. The van der Waals surface area contributed by atoms with E-state index in [1.54, 1.807) is 6.92 Å². The van der Waals surface area contributed by atoms with Crippen molar-refractivity contribution in [1.29, 1.82) is 0 Å². The highest BCUT2D eigenvalue weighted by Gasteiger charge is 2.26. The van der Waals surface area contributed by atoms with Crippen LogP contribution in [0, 0.1) is 0 Å². The van der Waals surface area contributed by atoms with E-state index in [4.69, 9.17) is 0 Å². The predicted molar refractivity (Wildman–Crippen MR) is 49.4 cm³/mol. The van der Waals surface area contributed by atoms with E-state index in [1.807, 2.05) is 0 Å². The van der Waals surface area contributed by atoms with Crippen molar-refractivity contribution in [2.75, 3.05) is 19.6 Å². The molecule has 0 aliphatic carbocycles. The Kier molecular flexibility index (Phi) is 3.66. The van der Waals surface area contributed by atoms with Crippen LogP contribution in [0.3, 0.4) is 0 Å². The van der Waals surface area contributed by atoms with E-state index in [9.17, 15) is 13.5 Å². The number of nitrogens with zero attached hydrogens (tertiary/aromatic N) is 1. The molecule has 78 valence electrons. The van der Waals surface area contributed by atoms with Gasteiger partial charge in [0.2, 0.25) is 0 Å². The lowest BCUT2D eigenvalue weighted by molar-refractivity contribution is 0.107. The van der Waals surface area contributed by atoms with Crippen LogP contribution in [0.25, 0.3) is 0 Å². The van der Waals surface area contributed by atoms with Crippen molar-refractivity contribution >= 4 is 10.2 Å². The average molecular weight is 208 g/mol. The minimum atomic E-state index is -3.34. The quantitative estimate of drug-likeness (QED) is 0.644. The summed E-state index contributed by atoms with van der Waals surface area (Å²) in [6.07, 6.45) is 0.909. The van der Waals surface area contributed by atoms with Gasteiger partial charge in [0.1, 0.15) is 0 Å². The van der Waals surface area contributed by atoms with Crippen LogP contribution in [0.1, 0.15) is 19.8 Å².